The first-order chi connectivity index (χ1) is 7.05. The SMILES string of the molecule is CCC(O)C1(O)CC(C)(C)[NH+]([O-])C(C)(C)C1. The molecule has 4 heteroatoms. The van der Waals surface area contributed by atoms with Crippen LogP contribution in [0.3, 0.4) is 0 Å². The second kappa shape index (κ2) is 3.95. The van der Waals surface area contributed by atoms with E-state index in [0.29, 0.717) is 19.3 Å². The Balaban J connectivity index is 3.03. The van der Waals surface area contributed by atoms with Gasteiger partial charge in [0.1, 0.15) is 5.60 Å². The van der Waals surface area contributed by atoms with Gasteiger partial charge in [-0.3, -0.25) is 0 Å². The van der Waals surface area contributed by atoms with Crippen LogP contribution in [0.1, 0.15) is 53.9 Å². The van der Waals surface area contributed by atoms with Crippen molar-refractivity contribution in [2.24, 2.45) is 0 Å². The van der Waals surface area contributed by atoms with Gasteiger partial charge in [0.05, 0.1) is 17.2 Å². The van der Waals surface area contributed by atoms with Crippen LogP contribution in [0.2, 0.25) is 0 Å². The first kappa shape index (κ1) is 13.9. The summed E-state index contributed by atoms with van der Waals surface area (Å²) in [6.45, 7) is 9.25. The maximum atomic E-state index is 12.2. The van der Waals surface area contributed by atoms with Crippen LogP contribution >= 0.6 is 0 Å². The molecule has 1 rings (SSSR count). The lowest BCUT2D eigenvalue weighted by Gasteiger charge is -2.58. The second-order valence-corrected chi connectivity index (χ2v) is 6.48. The summed E-state index contributed by atoms with van der Waals surface area (Å²) in [4.78, 5) is 0. The topological polar surface area (TPSA) is 68.0 Å². The Bertz CT molecular complexity index is 245. The number of aliphatic hydroxyl groups excluding tert-OH is 1. The monoisotopic (exact) mass is 231 g/mol. The molecule has 96 valence electrons. The number of piperidine rings is 1. The molecule has 0 aromatic rings. The molecular weight excluding hydrogens is 206 g/mol. The van der Waals surface area contributed by atoms with Crippen LogP contribution in [-0.2, 0) is 0 Å². The highest BCUT2D eigenvalue weighted by molar-refractivity contribution is 4.99. The van der Waals surface area contributed by atoms with Gasteiger partial charge in [0.2, 0.25) is 0 Å². The highest BCUT2D eigenvalue weighted by Crippen LogP contribution is 2.35. The van der Waals surface area contributed by atoms with E-state index >= 15 is 0 Å². The zero-order valence-corrected chi connectivity index (χ0v) is 11.0. The second-order valence-electron chi connectivity index (χ2n) is 6.48. The maximum absolute atomic E-state index is 12.2. The molecule has 1 aliphatic rings. The molecule has 0 aromatic heterocycles. The number of nitrogens with one attached hydrogen (secondary N) is 1. The van der Waals surface area contributed by atoms with Gasteiger partial charge in [-0.25, -0.2) is 0 Å². The smallest absolute Gasteiger partial charge is 0.102 e. The highest BCUT2D eigenvalue weighted by Gasteiger charge is 2.54. The van der Waals surface area contributed by atoms with Crippen LogP contribution in [0.4, 0.5) is 0 Å². The zero-order valence-electron chi connectivity index (χ0n) is 11.0. The van der Waals surface area contributed by atoms with Crippen LogP contribution < -0.4 is 5.06 Å². The Morgan fingerprint density at radius 3 is 1.88 bits per heavy atom. The molecule has 1 aliphatic heterocycles. The Morgan fingerprint density at radius 2 is 1.56 bits per heavy atom. The third kappa shape index (κ3) is 2.25. The van der Waals surface area contributed by atoms with Crippen molar-refractivity contribution in [1.82, 2.24) is 0 Å². The van der Waals surface area contributed by atoms with Crippen molar-refractivity contribution in [2.45, 2.75) is 76.7 Å². The summed E-state index contributed by atoms with van der Waals surface area (Å²) in [5, 5.41) is 32.8. The summed E-state index contributed by atoms with van der Waals surface area (Å²) in [5.74, 6) is 0. The fraction of sp³-hybridized carbons (Fsp3) is 1.00. The molecule has 1 saturated heterocycles. The predicted molar refractivity (Wildman–Crippen MR) is 63.0 cm³/mol. The molecule has 0 radical (unpaired) electrons. The van der Waals surface area contributed by atoms with Gasteiger partial charge in [-0.2, -0.15) is 0 Å². The lowest BCUT2D eigenvalue weighted by atomic mass is 9.69. The van der Waals surface area contributed by atoms with Crippen molar-refractivity contribution in [1.29, 1.82) is 0 Å². The molecule has 0 aromatic carbocycles. The van der Waals surface area contributed by atoms with Gasteiger partial charge in [0, 0.05) is 12.8 Å². The van der Waals surface area contributed by atoms with E-state index in [1.807, 2.05) is 34.6 Å². The minimum absolute atomic E-state index is 0.174. The quantitative estimate of drug-likeness (QED) is 0.596. The van der Waals surface area contributed by atoms with Crippen molar-refractivity contribution in [3.63, 3.8) is 0 Å². The van der Waals surface area contributed by atoms with Gasteiger partial charge in [-0.05, 0) is 34.1 Å². The minimum atomic E-state index is -1.13. The average Bonchev–Trinajstić information content (AvgIpc) is 2.11. The number of aliphatic hydroxyl groups is 2. The van der Waals surface area contributed by atoms with Crippen molar-refractivity contribution in [3.8, 4) is 0 Å². The van der Waals surface area contributed by atoms with E-state index < -0.39 is 22.8 Å². The fourth-order valence-electron chi connectivity index (χ4n) is 3.29. The summed E-state index contributed by atoms with van der Waals surface area (Å²) in [7, 11) is 0. The van der Waals surface area contributed by atoms with Crippen LogP contribution in [0.5, 0.6) is 0 Å². The van der Waals surface area contributed by atoms with Crippen molar-refractivity contribution >= 4 is 0 Å². The Morgan fingerprint density at radius 1 is 1.19 bits per heavy atom. The maximum Gasteiger partial charge on any atom is 0.102 e. The number of hydrogen-bond donors (Lipinski definition) is 3. The molecule has 3 N–H and O–H groups in total. The fourth-order valence-corrected chi connectivity index (χ4v) is 3.29. The van der Waals surface area contributed by atoms with Crippen LogP contribution in [0.25, 0.3) is 0 Å². The van der Waals surface area contributed by atoms with Gasteiger partial charge in [0.15, 0.2) is 0 Å². The molecule has 16 heavy (non-hydrogen) atoms. The highest BCUT2D eigenvalue weighted by atomic mass is 16.5. The van der Waals surface area contributed by atoms with Crippen LogP contribution in [0, 0.1) is 5.21 Å². The third-order valence-corrected chi connectivity index (χ3v) is 3.73. The van der Waals surface area contributed by atoms with E-state index in [1.54, 1.807) is 0 Å². The van der Waals surface area contributed by atoms with Gasteiger partial charge in [0.25, 0.3) is 0 Å². The largest absolute Gasteiger partial charge is 0.634 e. The molecule has 1 atom stereocenters. The first-order valence-corrected chi connectivity index (χ1v) is 6.00. The van der Waals surface area contributed by atoms with E-state index in [-0.39, 0.29) is 5.06 Å². The summed E-state index contributed by atoms with van der Waals surface area (Å²) < 4.78 is 0. The standard InChI is InChI=1S/C12H25NO3/c1-6-9(14)12(15)7-10(2,3)13(16)11(4,5)8-12/h9,13-15H,6-8H2,1-5H3. The third-order valence-electron chi connectivity index (χ3n) is 3.73. The van der Waals surface area contributed by atoms with Gasteiger partial charge >= 0.3 is 0 Å². The van der Waals surface area contributed by atoms with E-state index in [4.69, 9.17) is 0 Å². The number of hydroxylamine groups is 2. The Hall–Kier alpha value is -0.160. The van der Waals surface area contributed by atoms with Crippen molar-refractivity contribution in [3.05, 3.63) is 5.21 Å². The molecule has 4 nitrogen and oxygen atoms in total. The van der Waals surface area contributed by atoms with Crippen molar-refractivity contribution < 1.29 is 15.3 Å². The van der Waals surface area contributed by atoms with Crippen LogP contribution in [-0.4, -0.2) is 33.0 Å². The first-order valence-electron chi connectivity index (χ1n) is 6.00. The molecule has 0 bridgehead atoms. The average molecular weight is 231 g/mol. The molecule has 1 unspecified atom stereocenters. The van der Waals surface area contributed by atoms with Gasteiger partial charge in [-0.15, -0.1) is 0 Å². The molecular formula is C12H25NO3. The van der Waals surface area contributed by atoms with E-state index in [1.165, 1.54) is 0 Å². The van der Waals surface area contributed by atoms with E-state index in [2.05, 4.69) is 0 Å². The minimum Gasteiger partial charge on any atom is -0.634 e. The van der Waals surface area contributed by atoms with E-state index in [9.17, 15) is 15.4 Å². The Kier molecular flexibility index (Phi) is 3.43. The summed E-state index contributed by atoms with van der Waals surface area (Å²) in [6.07, 6.45) is 0.449. The van der Waals surface area contributed by atoms with Gasteiger partial charge < -0.3 is 20.5 Å². The molecule has 0 saturated carbocycles. The lowest BCUT2D eigenvalue weighted by molar-refractivity contribution is -0.958. The summed E-state index contributed by atoms with van der Waals surface area (Å²) in [5.41, 5.74) is -2.26. The normalized spacial score (nSPS) is 39.4. The van der Waals surface area contributed by atoms with E-state index in [0.717, 1.165) is 0 Å². The Labute approximate surface area is 97.8 Å². The predicted octanol–water partition coefficient (Wildman–Crippen LogP) is 0.222. The van der Waals surface area contributed by atoms with Crippen molar-refractivity contribution in [2.75, 3.05) is 0 Å². The number of hydrogen-bond acceptors (Lipinski definition) is 3. The number of rotatable bonds is 2. The molecule has 1 fully saturated rings. The molecule has 0 amide bonds. The number of quaternary nitrogens is 1. The zero-order chi connectivity index (χ0) is 12.8. The molecule has 1 heterocycles. The summed E-state index contributed by atoms with van der Waals surface area (Å²) >= 11 is 0. The van der Waals surface area contributed by atoms with Gasteiger partial charge in [-0.1, -0.05) is 6.92 Å². The lowest BCUT2D eigenvalue weighted by Crippen LogP contribution is -3.24. The summed E-state index contributed by atoms with van der Waals surface area (Å²) in [6, 6.07) is 0. The van der Waals surface area contributed by atoms with Crippen LogP contribution in [0.15, 0.2) is 0 Å². The molecule has 0 spiro atoms. The molecule has 0 aliphatic carbocycles.